The third-order valence-corrected chi connectivity index (χ3v) is 4.63. The second-order valence-corrected chi connectivity index (χ2v) is 6.52. The number of halogens is 1. The molecule has 3 nitrogen and oxygen atoms in total. The molecule has 1 atom stereocenters. The highest BCUT2D eigenvalue weighted by molar-refractivity contribution is 5.88. The molecule has 3 rings (SSSR count). The molecule has 0 saturated carbocycles. The van der Waals surface area contributed by atoms with E-state index in [0.29, 0.717) is 6.54 Å². The smallest absolute Gasteiger partial charge is 0.229 e. The van der Waals surface area contributed by atoms with Gasteiger partial charge in [0.1, 0.15) is 11.6 Å². The Balaban J connectivity index is 1.77. The van der Waals surface area contributed by atoms with Gasteiger partial charge in [0.05, 0.1) is 13.0 Å². The minimum Gasteiger partial charge on any atom is -0.497 e. The van der Waals surface area contributed by atoms with Gasteiger partial charge in [-0.05, 0) is 53.1 Å². The predicted molar refractivity (Wildman–Crippen MR) is 102 cm³/mol. The minimum atomic E-state index is -0.290. The molecule has 0 fully saturated rings. The summed E-state index contributed by atoms with van der Waals surface area (Å²) >= 11 is 0. The van der Waals surface area contributed by atoms with Crippen molar-refractivity contribution >= 4 is 16.7 Å². The normalized spacial score (nSPS) is 12.0. The van der Waals surface area contributed by atoms with E-state index < -0.39 is 0 Å². The molecule has 3 aromatic rings. The molecule has 0 aliphatic heterocycles. The van der Waals surface area contributed by atoms with Crippen LogP contribution in [0.2, 0.25) is 0 Å². The van der Waals surface area contributed by atoms with Gasteiger partial charge in [-0.2, -0.15) is 0 Å². The van der Waals surface area contributed by atoms with Crippen molar-refractivity contribution in [2.45, 2.75) is 19.4 Å². The molecule has 0 saturated heterocycles. The van der Waals surface area contributed by atoms with E-state index in [1.165, 1.54) is 12.1 Å². The fourth-order valence-corrected chi connectivity index (χ4v) is 3.10. The number of hydrogen-bond acceptors (Lipinski definition) is 2. The molecule has 3 aromatic carbocycles. The molecule has 26 heavy (non-hydrogen) atoms. The van der Waals surface area contributed by atoms with Crippen LogP contribution in [0.3, 0.4) is 0 Å². The van der Waals surface area contributed by atoms with Crippen molar-refractivity contribution in [3.05, 3.63) is 77.6 Å². The molecular weight excluding hydrogens is 329 g/mol. The van der Waals surface area contributed by atoms with E-state index in [9.17, 15) is 9.18 Å². The summed E-state index contributed by atoms with van der Waals surface area (Å²) in [5, 5.41) is 2.14. The molecule has 1 amide bonds. The second-order valence-electron chi connectivity index (χ2n) is 6.52. The van der Waals surface area contributed by atoms with Crippen LogP contribution in [0, 0.1) is 5.82 Å². The van der Waals surface area contributed by atoms with Crippen LogP contribution in [0.15, 0.2) is 60.7 Å². The quantitative estimate of drug-likeness (QED) is 0.664. The topological polar surface area (TPSA) is 29.5 Å². The highest BCUT2D eigenvalue weighted by atomic mass is 19.1. The lowest BCUT2D eigenvalue weighted by atomic mass is 9.96. The summed E-state index contributed by atoms with van der Waals surface area (Å²) in [6, 6.07) is 18.2. The maximum atomic E-state index is 13.3. The van der Waals surface area contributed by atoms with Crippen molar-refractivity contribution in [3.8, 4) is 5.75 Å². The molecule has 0 aromatic heterocycles. The maximum Gasteiger partial charge on any atom is 0.229 e. The number of benzene rings is 3. The Hall–Kier alpha value is -2.88. The molecule has 1 unspecified atom stereocenters. The number of ether oxygens (including phenoxy) is 1. The number of carbonyl (C=O) groups is 1. The number of amides is 1. The Bertz CT molecular complexity index is 938. The number of carbonyl (C=O) groups excluding carboxylic acids is 1. The van der Waals surface area contributed by atoms with Crippen LogP contribution in [0.5, 0.6) is 5.75 Å². The summed E-state index contributed by atoms with van der Waals surface area (Å²) in [4.78, 5) is 14.4. The van der Waals surface area contributed by atoms with Gasteiger partial charge in [-0.1, -0.05) is 36.4 Å². The van der Waals surface area contributed by atoms with Gasteiger partial charge >= 0.3 is 0 Å². The second kappa shape index (κ2) is 7.56. The van der Waals surface area contributed by atoms with Crippen LogP contribution in [0.1, 0.15) is 24.0 Å². The molecule has 0 bridgehead atoms. The van der Waals surface area contributed by atoms with Crippen LogP contribution >= 0.6 is 0 Å². The van der Waals surface area contributed by atoms with Crippen molar-refractivity contribution < 1.29 is 13.9 Å². The van der Waals surface area contributed by atoms with E-state index in [4.69, 9.17) is 4.74 Å². The zero-order chi connectivity index (χ0) is 18.7. The molecule has 0 heterocycles. The van der Waals surface area contributed by atoms with Crippen molar-refractivity contribution in [1.82, 2.24) is 4.90 Å². The van der Waals surface area contributed by atoms with E-state index in [1.54, 1.807) is 25.1 Å². The molecular formula is C22H22FNO2. The Kier molecular flexibility index (Phi) is 5.21. The molecule has 134 valence electrons. The SMILES string of the molecule is COc1ccc2cc(C(C)C(=O)N(C)Cc3cccc(F)c3)ccc2c1. The molecule has 0 radical (unpaired) electrons. The average molecular weight is 351 g/mol. The maximum absolute atomic E-state index is 13.3. The lowest BCUT2D eigenvalue weighted by molar-refractivity contribution is -0.131. The van der Waals surface area contributed by atoms with Gasteiger partial charge in [-0.3, -0.25) is 4.79 Å². The van der Waals surface area contributed by atoms with Gasteiger partial charge in [-0.25, -0.2) is 4.39 Å². The first-order valence-corrected chi connectivity index (χ1v) is 8.55. The Morgan fingerprint density at radius 3 is 2.54 bits per heavy atom. The summed E-state index contributed by atoms with van der Waals surface area (Å²) in [5.74, 6) is 0.243. The van der Waals surface area contributed by atoms with Crippen LogP contribution in [-0.2, 0) is 11.3 Å². The first-order valence-electron chi connectivity index (χ1n) is 8.55. The van der Waals surface area contributed by atoms with E-state index >= 15 is 0 Å². The van der Waals surface area contributed by atoms with Crippen molar-refractivity contribution in [2.24, 2.45) is 0 Å². The summed E-state index contributed by atoms with van der Waals surface area (Å²) in [6.07, 6.45) is 0. The Morgan fingerprint density at radius 1 is 1.08 bits per heavy atom. The van der Waals surface area contributed by atoms with Gasteiger partial charge in [0.15, 0.2) is 0 Å². The zero-order valence-corrected chi connectivity index (χ0v) is 15.2. The van der Waals surface area contributed by atoms with Crippen LogP contribution in [0.4, 0.5) is 4.39 Å². The molecule has 0 N–H and O–H groups in total. The van der Waals surface area contributed by atoms with Crippen molar-refractivity contribution in [3.63, 3.8) is 0 Å². The zero-order valence-electron chi connectivity index (χ0n) is 15.2. The standard InChI is InChI=1S/C22H22FNO2/c1-15(22(25)24(2)14-16-5-4-6-20(23)11-16)17-7-8-19-13-21(26-3)10-9-18(19)12-17/h4-13,15H,14H2,1-3H3. The van der Waals surface area contributed by atoms with Crippen LogP contribution < -0.4 is 4.74 Å². The number of nitrogens with zero attached hydrogens (tertiary/aromatic N) is 1. The van der Waals surface area contributed by atoms with Gasteiger partial charge < -0.3 is 9.64 Å². The fraction of sp³-hybridized carbons (Fsp3) is 0.227. The third-order valence-electron chi connectivity index (χ3n) is 4.63. The highest BCUT2D eigenvalue weighted by Crippen LogP contribution is 2.26. The number of methoxy groups -OCH3 is 1. The number of likely N-dealkylation sites (N-methyl/N-ethyl adjacent to an activating group) is 1. The molecule has 0 spiro atoms. The molecule has 4 heteroatoms. The van der Waals surface area contributed by atoms with E-state index in [0.717, 1.165) is 27.6 Å². The summed E-state index contributed by atoms with van der Waals surface area (Å²) < 4.78 is 18.6. The van der Waals surface area contributed by atoms with Crippen molar-refractivity contribution in [1.29, 1.82) is 0 Å². The fourth-order valence-electron chi connectivity index (χ4n) is 3.10. The monoisotopic (exact) mass is 351 g/mol. The number of hydrogen-bond donors (Lipinski definition) is 0. The van der Waals surface area contributed by atoms with Gasteiger partial charge in [0.25, 0.3) is 0 Å². The average Bonchev–Trinajstić information content (AvgIpc) is 2.65. The van der Waals surface area contributed by atoms with Crippen molar-refractivity contribution in [2.75, 3.05) is 14.2 Å². The van der Waals surface area contributed by atoms with E-state index in [1.807, 2.05) is 49.4 Å². The first-order chi connectivity index (χ1) is 12.5. The predicted octanol–water partition coefficient (Wildman–Crippen LogP) is 4.75. The Labute approximate surface area is 153 Å². The lowest BCUT2D eigenvalue weighted by Gasteiger charge is -2.22. The van der Waals surface area contributed by atoms with Gasteiger partial charge in [0, 0.05) is 13.6 Å². The molecule has 0 aliphatic rings. The number of fused-ring (bicyclic) bond motifs is 1. The van der Waals surface area contributed by atoms with Crippen LogP contribution in [0.25, 0.3) is 10.8 Å². The van der Waals surface area contributed by atoms with Crippen LogP contribution in [-0.4, -0.2) is 25.0 Å². The summed E-state index contributed by atoms with van der Waals surface area (Å²) in [6.45, 7) is 2.28. The van der Waals surface area contributed by atoms with Gasteiger partial charge in [-0.15, -0.1) is 0 Å². The molecule has 0 aliphatic carbocycles. The van der Waals surface area contributed by atoms with E-state index in [-0.39, 0.29) is 17.6 Å². The third kappa shape index (κ3) is 3.85. The largest absolute Gasteiger partial charge is 0.497 e. The lowest BCUT2D eigenvalue weighted by Crippen LogP contribution is -2.30. The van der Waals surface area contributed by atoms with Gasteiger partial charge in [0.2, 0.25) is 5.91 Å². The van der Waals surface area contributed by atoms with E-state index in [2.05, 4.69) is 0 Å². The minimum absolute atomic E-state index is 0.00197. The number of rotatable bonds is 5. The summed E-state index contributed by atoms with van der Waals surface area (Å²) in [7, 11) is 3.39. The first kappa shape index (κ1) is 17.9. The highest BCUT2D eigenvalue weighted by Gasteiger charge is 2.20. The summed E-state index contributed by atoms with van der Waals surface area (Å²) in [5.41, 5.74) is 1.73. The Morgan fingerprint density at radius 2 is 1.81 bits per heavy atom.